The average Bonchev–Trinajstić information content (AvgIpc) is 2.43. The summed E-state index contributed by atoms with van der Waals surface area (Å²) in [5, 5.41) is 15.0. The zero-order valence-corrected chi connectivity index (χ0v) is 11.0. The molecule has 0 fully saturated rings. The number of hydrogen-bond donors (Lipinski definition) is 3. The molecule has 0 saturated carbocycles. The molecule has 2 unspecified atom stereocenters. The third-order valence-electron chi connectivity index (χ3n) is 3.15. The SMILES string of the molecule is CNC(C(=O)O)C(NC)c1ccc2c(c1)OCCO2. The van der Waals surface area contributed by atoms with Gasteiger partial charge in [0.15, 0.2) is 11.5 Å². The van der Waals surface area contributed by atoms with Crippen LogP contribution in [0.15, 0.2) is 18.2 Å². The van der Waals surface area contributed by atoms with E-state index in [1.54, 1.807) is 14.1 Å². The van der Waals surface area contributed by atoms with Crippen molar-refractivity contribution in [1.29, 1.82) is 0 Å². The van der Waals surface area contributed by atoms with E-state index < -0.39 is 12.0 Å². The molecule has 1 heterocycles. The zero-order chi connectivity index (χ0) is 13.8. The van der Waals surface area contributed by atoms with Gasteiger partial charge in [-0.25, -0.2) is 0 Å². The fourth-order valence-corrected chi connectivity index (χ4v) is 2.21. The Morgan fingerprint density at radius 3 is 2.47 bits per heavy atom. The van der Waals surface area contributed by atoms with E-state index in [0.717, 1.165) is 5.56 Å². The van der Waals surface area contributed by atoms with Crippen LogP contribution in [0.2, 0.25) is 0 Å². The van der Waals surface area contributed by atoms with Gasteiger partial charge in [-0.15, -0.1) is 0 Å². The smallest absolute Gasteiger partial charge is 0.322 e. The molecule has 2 atom stereocenters. The molecule has 1 aliphatic heterocycles. The van der Waals surface area contributed by atoms with Gasteiger partial charge in [-0.2, -0.15) is 0 Å². The van der Waals surface area contributed by atoms with Gasteiger partial charge in [0.05, 0.1) is 6.04 Å². The van der Waals surface area contributed by atoms with E-state index in [1.807, 2.05) is 18.2 Å². The summed E-state index contributed by atoms with van der Waals surface area (Å²) in [6.07, 6.45) is 0. The Morgan fingerprint density at radius 1 is 1.21 bits per heavy atom. The Labute approximate surface area is 111 Å². The average molecular weight is 266 g/mol. The number of ether oxygens (including phenoxy) is 2. The van der Waals surface area contributed by atoms with E-state index in [0.29, 0.717) is 24.7 Å². The number of carboxylic acids is 1. The summed E-state index contributed by atoms with van der Waals surface area (Å²) in [6, 6.07) is 4.42. The van der Waals surface area contributed by atoms with E-state index >= 15 is 0 Å². The number of likely N-dealkylation sites (N-methyl/N-ethyl adjacent to an activating group) is 2. The number of carbonyl (C=O) groups is 1. The minimum atomic E-state index is -0.906. The second-order valence-corrected chi connectivity index (χ2v) is 4.27. The van der Waals surface area contributed by atoms with E-state index in [4.69, 9.17) is 9.47 Å². The third kappa shape index (κ3) is 2.80. The monoisotopic (exact) mass is 266 g/mol. The fourth-order valence-electron chi connectivity index (χ4n) is 2.21. The summed E-state index contributed by atoms with van der Waals surface area (Å²) >= 11 is 0. The number of aliphatic carboxylic acids is 1. The first-order chi connectivity index (χ1) is 9.17. The van der Waals surface area contributed by atoms with Crippen LogP contribution in [-0.2, 0) is 4.79 Å². The highest BCUT2D eigenvalue weighted by Gasteiger charge is 2.27. The molecule has 19 heavy (non-hydrogen) atoms. The van der Waals surface area contributed by atoms with E-state index in [9.17, 15) is 9.90 Å². The quantitative estimate of drug-likeness (QED) is 0.715. The molecule has 1 aromatic carbocycles. The number of hydrogen-bond acceptors (Lipinski definition) is 5. The Kier molecular flexibility index (Phi) is 4.24. The molecular formula is C13H18N2O4. The molecule has 3 N–H and O–H groups in total. The van der Waals surface area contributed by atoms with Crippen molar-refractivity contribution in [1.82, 2.24) is 10.6 Å². The number of nitrogens with one attached hydrogen (secondary N) is 2. The van der Waals surface area contributed by atoms with Crippen LogP contribution >= 0.6 is 0 Å². The van der Waals surface area contributed by atoms with Crippen molar-refractivity contribution in [3.8, 4) is 11.5 Å². The minimum Gasteiger partial charge on any atom is -0.486 e. The Bertz CT molecular complexity index is 464. The predicted octanol–water partition coefficient (Wildman–Crippen LogP) is 0.391. The van der Waals surface area contributed by atoms with E-state index in [-0.39, 0.29) is 6.04 Å². The standard InChI is InChI=1S/C13H18N2O4/c1-14-11(12(15-2)13(16)17)8-3-4-9-10(7-8)19-6-5-18-9/h3-4,7,11-12,14-15H,5-6H2,1-2H3,(H,16,17). The molecule has 0 amide bonds. The maximum atomic E-state index is 11.2. The van der Waals surface area contributed by atoms with Crippen molar-refractivity contribution < 1.29 is 19.4 Å². The summed E-state index contributed by atoms with van der Waals surface area (Å²) in [4.78, 5) is 11.2. The van der Waals surface area contributed by atoms with Gasteiger partial charge >= 0.3 is 5.97 Å². The zero-order valence-electron chi connectivity index (χ0n) is 11.0. The first kappa shape index (κ1) is 13.6. The maximum absolute atomic E-state index is 11.2. The van der Waals surface area contributed by atoms with Gasteiger partial charge in [0, 0.05) is 0 Å². The normalized spacial score (nSPS) is 16.7. The van der Waals surface area contributed by atoms with Gasteiger partial charge in [0.2, 0.25) is 0 Å². The van der Waals surface area contributed by atoms with Crippen LogP contribution in [0.4, 0.5) is 0 Å². The molecule has 1 aliphatic rings. The van der Waals surface area contributed by atoms with Crippen LogP contribution in [0.5, 0.6) is 11.5 Å². The molecule has 0 aliphatic carbocycles. The predicted molar refractivity (Wildman–Crippen MR) is 69.7 cm³/mol. The Morgan fingerprint density at radius 2 is 1.89 bits per heavy atom. The van der Waals surface area contributed by atoms with Crippen molar-refractivity contribution in [2.45, 2.75) is 12.1 Å². The molecule has 0 radical (unpaired) electrons. The van der Waals surface area contributed by atoms with Crippen LogP contribution < -0.4 is 20.1 Å². The lowest BCUT2D eigenvalue weighted by Crippen LogP contribution is -2.44. The van der Waals surface area contributed by atoms with Crippen LogP contribution in [0.3, 0.4) is 0 Å². The minimum absolute atomic E-state index is 0.349. The lowest BCUT2D eigenvalue weighted by Gasteiger charge is -2.25. The van der Waals surface area contributed by atoms with Crippen molar-refractivity contribution in [2.75, 3.05) is 27.3 Å². The van der Waals surface area contributed by atoms with Gasteiger partial charge in [-0.1, -0.05) is 6.07 Å². The largest absolute Gasteiger partial charge is 0.486 e. The van der Waals surface area contributed by atoms with Gasteiger partial charge in [-0.3, -0.25) is 4.79 Å². The second-order valence-electron chi connectivity index (χ2n) is 4.27. The number of rotatable bonds is 5. The molecule has 2 rings (SSSR count). The summed E-state index contributed by atoms with van der Waals surface area (Å²) < 4.78 is 11.0. The third-order valence-corrected chi connectivity index (χ3v) is 3.15. The van der Waals surface area contributed by atoms with E-state index in [2.05, 4.69) is 10.6 Å². The molecule has 6 heteroatoms. The topological polar surface area (TPSA) is 79.8 Å². The highest BCUT2D eigenvalue weighted by molar-refractivity contribution is 5.75. The van der Waals surface area contributed by atoms with Gasteiger partial charge in [-0.05, 0) is 31.8 Å². The summed E-state index contributed by atoms with van der Waals surface area (Å²) in [7, 11) is 3.36. The van der Waals surface area contributed by atoms with Crippen LogP contribution in [0, 0.1) is 0 Å². The van der Waals surface area contributed by atoms with Crippen molar-refractivity contribution in [3.63, 3.8) is 0 Å². The molecule has 104 valence electrons. The summed E-state index contributed by atoms with van der Waals surface area (Å²) in [6.45, 7) is 1.05. The van der Waals surface area contributed by atoms with Crippen molar-refractivity contribution in [3.05, 3.63) is 23.8 Å². The Balaban J connectivity index is 2.30. The molecule has 0 saturated heterocycles. The molecule has 0 aromatic heterocycles. The lowest BCUT2D eigenvalue weighted by molar-refractivity contribution is -0.140. The number of carboxylic acid groups (broad SMARTS) is 1. The van der Waals surface area contributed by atoms with Crippen molar-refractivity contribution >= 4 is 5.97 Å². The van der Waals surface area contributed by atoms with E-state index in [1.165, 1.54) is 0 Å². The molecule has 6 nitrogen and oxygen atoms in total. The molecular weight excluding hydrogens is 248 g/mol. The van der Waals surface area contributed by atoms with Gasteiger partial charge in [0.1, 0.15) is 19.3 Å². The van der Waals surface area contributed by atoms with Crippen LogP contribution in [-0.4, -0.2) is 44.4 Å². The highest BCUT2D eigenvalue weighted by atomic mass is 16.6. The maximum Gasteiger partial charge on any atom is 0.322 e. The lowest BCUT2D eigenvalue weighted by atomic mass is 9.99. The molecule has 0 bridgehead atoms. The Hall–Kier alpha value is -1.79. The molecule has 0 spiro atoms. The summed E-state index contributed by atoms with van der Waals surface area (Å²) in [5.41, 5.74) is 0.841. The molecule has 1 aromatic rings. The highest BCUT2D eigenvalue weighted by Crippen LogP contribution is 2.33. The fraction of sp³-hybridized carbons (Fsp3) is 0.462. The first-order valence-corrected chi connectivity index (χ1v) is 6.14. The van der Waals surface area contributed by atoms with Crippen LogP contribution in [0.25, 0.3) is 0 Å². The van der Waals surface area contributed by atoms with Gasteiger partial charge in [0.25, 0.3) is 0 Å². The van der Waals surface area contributed by atoms with Gasteiger partial charge < -0.3 is 25.2 Å². The number of fused-ring (bicyclic) bond motifs is 1. The van der Waals surface area contributed by atoms with Crippen molar-refractivity contribution in [2.24, 2.45) is 0 Å². The second kappa shape index (κ2) is 5.90. The first-order valence-electron chi connectivity index (χ1n) is 6.14. The van der Waals surface area contributed by atoms with Crippen LogP contribution in [0.1, 0.15) is 11.6 Å². The summed E-state index contributed by atoms with van der Waals surface area (Å²) in [5.74, 6) is 0.446. The number of benzene rings is 1.